The lowest BCUT2D eigenvalue weighted by molar-refractivity contribution is 1.19. The normalized spacial score (nSPS) is 9.70. The zero-order valence-electron chi connectivity index (χ0n) is 37.6. The van der Waals surface area contributed by atoms with Crippen molar-refractivity contribution in [3.63, 3.8) is 0 Å². The third-order valence-electron chi connectivity index (χ3n) is 9.77. The molecule has 0 N–H and O–H groups in total. The van der Waals surface area contributed by atoms with Gasteiger partial charge in [-0.1, -0.05) is 286 Å². The third kappa shape index (κ3) is 12.6. The van der Waals surface area contributed by atoms with E-state index >= 15 is 0 Å². The summed E-state index contributed by atoms with van der Waals surface area (Å²) in [4.78, 5) is 0. The second-order valence-corrected chi connectivity index (χ2v) is 13.3. The number of hydrogen-bond donors (Lipinski definition) is 0. The summed E-state index contributed by atoms with van der Waals surface area (Å²) in [6.45, 7) is 16.0. The van der Waals surface area contributed by atoms with Gasteiger partial charge in [-0.2, -0.15) is 0 Å². The van der Waals surface area contributed by atoms with E-state index in [0.717, 1.165) is 6.42 Å². The maximum atomic E-state index is 2.29. The van der Waals surface area contributed by atoms with Gasteiger partial charge in [-0.3, -0.25) is 0 Å². The molecule has 0 aromatic heterocycles. The first-order valence-electron chi connectivity index (χ1n) is 22.3. The molecule has 0 spiro atoms. The molecule has 0 radical (unpaired) electrons. The summed E-state index contributed by atoms with van der Waals surface area (Å²) in [7, 11) is 0. The molecule has 0 unspecified atom stereocenters. The van der Waals surface area contributed by atoms with Crippen molar-refractivity contribution in [2.24, 2.45) is 0 Å². The van der Waals surface area contributed by atoms with Gasteiger partial charge in [0.1, 0.15) is 0 Å². The van der Waals surface area contributed by atoms with Crippen LogP contribution in [0.3, 0.4) is 0 Å². The van der Waals surface area contributed by atoms with E-state index in [9.17, 15) is 0 Å². The van der Waals surface area contributed by atoms with Crippen molar-refractivity contribution in [3.05, 3.63) is 286 Å². The molecule has 308 valence electrons. The first kappa shape index (κ1) is 46.9. The van der Waals surface area contributed by atoms with Crippen LogP contribution in [-0.4, -0.2) is 0 Å². The molecule has 0 fully saturated rings. The molecule has 0 aliphatic carbocycles. The Labute approximate surface area is 368 Å². The van der Waals surface area contributed by atoms with E-state index in [0.29, 0.717) is 0 Å². The maximum absolute atomic E-state index is 2.29. The smallest absolute Gasteiger partial charge is 0.00258 e. The van der Waals surface area contributed by atoms with Crippen molar-refractivity contribution in [2.75, 3.05) is 0 Å². The predicted molar refractivity (Wildman–Crippen MR) is 270 cm³/mol. The molecular weight excluding hydrogens is 733 g/mol. The average molecular weight is 797 g/mol. The fourth-order valence-electron chi connectivity index (χ4n) is 7.26. The molecule has 0 aliphatic rings. The number of rotatable bonds is 10. The summed E-state index contributed by atoms with van der Waals surface area (Å²) >= 11 is 0. The SMILES string of the molecule is CC.CC.CC.CC.c1ccc(C(=C(c2ccccc2)c2ccc(Cc3ccc(C(=C(c4ccccc4)c4ccccc4)c4ccccc4)cc3)cc2)c2ccccc2)cc1. The molecule has 8 rings (SSSR count). The molecule has 0 heteroatoms. The van der Waals surface area contributed by atoms with Crippen LogP contribution < -0.4 is 0 Å². The Morgan fingerprint density at radius 2 is 0.344 bits per heavy atom. The van der Waals surface area contributed by atoms with Gasteiger partial charge in [0.2, 0.25) is 0 Å². The van der Waals surface area contributed by atoms with E-state index in [4.69, 9.17) is 0 Å². The van der Waals surface area contributed by atoms with Crippen LogP contribution in [0.1, 0.15) is 111 Å². The first-order chi connectivity index (χ1) is 30.3. The monoisotopic (exact) mass is 797 g/mol. The zero-order valence-corrected chi connectivity index (χ0v) is 37.6. The lowest BCUT2D eigenvalue weighted by Crippen LogP contribution is -1.98. The summed E-state index contributed by atoms with van der Waals surface area (Å²) in [5.41, 5.74) is 17.1. The van der Waals surface area contributed by atoms with Crippen LogP contribution in [0.4, 0.5) is 0 Å². The number of benzene rings is 8. The van der Waals surface area contributed by atoms with E-state index in [-0.39, 0.29) is 0 Å². The molecule has 0 heterocycles. The third-order valence-corrected chi connectivity index (χ3v) is 9.77. The minimum Gasteiger partial charge on any atom is -0.0683 e. The maximum Gasteiger partial charge on any atom is -0.00258 e. The van der Waals surface area contributed by atoms with Gasteiger partial charge in [-0.25, -0.2) is 0 Å². The summed E-state index contributed by atoms with van der Waals surface area (Å²) < 4.78 is 0. The highest BCUT2D eigenvalue weighted by Crippen LogP contribution is 2.38. The molecule has 0 saturated heterocycles. The first-order valence-corrected chi connectivity index (χ1v) is 22.3. The topological polar surface area (TPSA) is 0 Å². The van der Waals surface area contributed by atoms with E-state index < -0.39 is 0 Å². The summed E-state index contributed by atoms with van der Waals surface area (Å²) in [5, 5.41) is 0. The van der Waals surface area contributed by atoms with Crippen molar-refractivity contribution in [3.8, 4) is 0 Å². The highest BCUT2D eigenvalue weighted by molar-refractivity contribution is 6.05. The molecular formula is C61H64. The lowest BCUT2D eigenvalue weighted by atomic mass is 9.85. The van der Waals surface area contributed by atoms with Crippen LogP contribution in [0.2, 0.25) is 0 Å². The van der Waals surface area contributed by atoms with Crippen LogP contribution in [0, 0.1) is 0 Å². The Kier molecular flexibility index (Phi) is 20.3. The Morgan fingerprint density at radius 1 is 0.197 bits per heavy atom. The van der Waals surface area contributed by atoms with Gasteiger partial charge in [0.15, 0.2) is 0 Å². The fraction of sp³-hybridized carbons (Fsp3) is 0.148. The largest absolute Gasteiger partial charge is 0.0683 e. The Hall–Kier alpha value is -6.76. The van der Waals surface area contributed by atoms with E-state index in [1.807, 2.05) is 55.4 Å². The Bertz CT molecular complexity index is 2160. The molecule has 0 atom stereocenters. The Balaban J connectivity index is 0.000000969. The molecule has 0 aliphatic heterocycles. The van der Waals surface area contributed by atoms with Crippen molar-refractivity contribution in [1.82, 2.24) is 0 Å². The van der Waals surface area contributed by atoms with Crippen molar-refractivity contribution < 1.29 is 0 Å². The molecule has 61 heavy (non-hydrogen) atoms. The van der Waals surface area contributed by atoms with Crippen LogP contribution in [0.5, 0.6) is 0 Å². The summed E-state index contributed by atoms with van der Waals surface area (Å²) in [5.74, 6) is 0. The predicted octanol–water partition coefficient (Wildman–Crippen LogP) is 17.4. The van der Waals surface area contributed by atoms with Crippen LogP contribution >= 0.6 is 0 Å². The van der Waals surface area contributed by atoms with Crippen LogP contribution in [0.25, 0.3) is 22.3 Å². The van der Waals surface area contributed by atoms with Gasteiger partial charge in [-0.05, 0) is 84.3 Å². The highest BCUT2D eigenvalue weighted by atomic mass is 14.2. The van der Waals surface area contributed by atoms with Gasteiger partial charge in [0, 0.05) is 0 Å². The molecule has 8 aromatic rings. The minimum absolute atomic E-state index is 0.851. The molecule has 0 saturated carbocycles. The van der Waals surface area contributed by atoms with Gasteiger partial charge >= 0.3 is 0 Å². The van der Waals surface area contributed by atoms with E-state index in [1.54, 1.807) is 0 Å². The van der Waals surface area contributed by atoms with Gasteiger partial charge in [0.25, 0.3) is 0 Å². The second kappa shape index (κ2) is 26.4. The zero-order chi connectivity index (χ0) is 43.7. The lowest BCUT2D eigenvalue weighted by Gasteiger charge is -2.19. The molecule has 0 amide bonds. The fourth-order valence-corrected chi connectivity index (χ4v) is 7.26. The van der Waals surface area contributed by atoms with Gasteiger partial charge in [0.05, 0.1) is 0 Å². The number of hydrogen-bond acceptors (Lipinski definition) is 0. The highest BCUT2D eigenvalue weighted by Gasteiger charge is 2.18. The quantitative estimate of drug-likeness (QED) is 0.121. The van der Waals surface area contributed by atoms with Crippen LogP contribution in [0.15, 0.2) is 231 Å². The van der Waals surface area contributed by atoms with Gasteiger partial charge < -0.3 is 0 Å². The van der Waals surface area contributed by atoms with Gasteiger partial charge in [-0.15, -0.1) is 0 Å². The second-order valence-electron chi connectivity index (χ2n) is 13.3. The minimum atomic E-state index is 0.851. The standard InChI is InChI=1S/C53H40.4C2H6/c1-7-19-42(20-8-1)50(43-21-9-2-10-22-43)52(46-27-15-5-16-28-46)48-35-31-40(32-36-48)39-41-33-37-49(38-34-41)53(47-29-17-6-18-30-47)51(44-23-11-3-12-24-44)45-25-13-4-14-26-45;4*1-2/h1-38H,39H2;4*1-2H3. The van der Waals surface area contributed by atoms with Crippen molar-refractivity contribution >= 4 is 22.3 Å². The van der Waals surface area contributed by atoms with E-state index in [1.165, 1.54) is 77.9 Å². The van der Waals surface area contributed by atoms with Crippen molar-refractivity contribution in [1.29, 1.82) is 0 Å². The van der Waals surface area contributed by atoms with E-state index in [2.05, 4.69) is 231 Å². The average Bonchev–Trinajstić information content (AvgIpc) is 3.37. The van der Waals surface area contributed by atoms with Crippen LogP contribution in [-0.2, 0) is 6.42 Å². The molecule has 8 aromatic carbocycles. The summed E-state index contributed by atoms with van der Waals surface area (Å²) in [6, 6.07) is 82.9. The molecule has 0 bridgehead atoms. The summed E-state index contributed by atoms with van der Waals surface area (Å²) in [6.07, 6.45) is 0.851. The van der Waals surface area contributed by atoms with Crippen molar-refractivity contribution in [2.45, 2.75) is 61.8 Å². The molecule has 0 nitrogen and oxygen atoms in total. The Morgan fingerprint density at radius 3 is 0.508 bits per heavy atom.